The number of pyridine rings is 1. The van der Waals surface area contributed by atoms with E-state index in [0.717, 1.165) is 39.9 Å². The van der Waals surface area contributed by atoms with Gasteiger partial charge in [0.1, 0.15) is 0 Å². The van der Waals surface area contributed by atoms with Crippen LogP contribution < -0.4 is 11.1 Å². The van der Waals surface area contributed by atoms with Crippen LogP contribution >= 0.6 is 11.6 Å². The molecule has 0 saturated heterocycles. The summed E-state index contributed by atoms with van der Waals surface area (Å²) in [5, 5.41) is 3.32. The number of aromatic nitrogens is 1. The monoisotopic (exact) mass is 533 g/mol. The Balaban J connectivity index is 1.48. The van der Waals surface area contributed by atoms with Gasteiger partial charge in [0.15, 0.2) is 0 Å². The zero-order valence-electron chi connectivity index (χ0n) is 21.5. The van der Waals surface area contributed by atoms with Crippen LogP contribution in [0.4, 0.5) is 16.2 Å². The molecule has 3 N–H and O–H groups in total. The van der Waals surface area contributed by atoms with Crippen LogP contribution in [0.15, 0.2) is 115 Å². The fourth-order valence-electron chi connectivity index (χ4n) is 4.64. The summed E-state index contributed by atoms with van der Waals surface area (Å²) in [6, 6.07) is 36.2. The largest absolute Gasteiger partial charge is 0.453 e. The Bertz CT molecular complexity index is 1570. The molecule has 6 heteroatoms. The SMILES string of the molecule is COC(=O)Nc1ccc(-c2cccc(C(Cc3ccccc3)c3ccc(-c4cc(Cl)ccc4N)cn3)c2)cc1. The second-order valence-corrected chi connectivity index (χ2v) is 9.70. The molecule has 1 unspecified atom stereocenters. The summed E-state index contributed by atoms with van der Waals surface area (Å²) in [6.45, 7) is 0. The van der Waals surface area contributed by atoms with Crippen molar-refractivity contribution in [2.45, 2.75) is 12.3 Å². The number of anilines is 2. The van der Waals surface area contributed by atoms with Gasteiger partial charge in [0, 0.05) is 45.3 Å². The summed E-state index contributed by atoms with van der Waals surface area (Å²) in [4.78, 5) is 16.4. The molecule has 0 fully saturated rings. The highest BCUT2D eigenvalue weighted by Gasteiger charge is 2.18. The van der Waals surface area contributed by atoms with Crippen LogP contribution in [0.5, 0.6) is 0 Å². The maximum Gasteiger partial charge on any atom is 0.411 e. The molecule has 1 heterocycles. The first kappa shape index (κ1) is 26.0. The maximum absolute atomic E-state index is 11.5. The van der Waals surface area contributed by atoms with E-state index in [0.29, 0.717) is 16.4 Å². The van der Waals surface area contributed by atoms with Crippen molar-refractivity contribution in [3.8, 4) is 22.3 Å². The lowest BCUT2D eigenvalue weighted by atomic mass is 9.87. The number of carbonyl (C=O) groups is 1. The zero-order valence-corrected chi connectivity index (χ0v) is 22.2. The van der Waals surface area contributed by atoms with E-state index in [2.05, 4.69) is 70.7 Å². The van der Waals surface area contributed by atoms with Crippen molar-refractivity contribution in [2.24, 2.45) is 0 Å². The van der Waals surface area contributed by atoms with Crippen LogP contribution in [0.1, 0.15) is 22.7 Å². The summed E-state index contributed by atoms with van der Waals surface area (Å²) in [5.41, 5.74) is 14.8. The van der Waals surface area contributed by atoms with Gasteiger partial charge in [0.05, 0.1) is 7.11 Å². The molecule has 1 amide bonds. The van der Waals surface area contributed by atoms with Crippen molar-refractivity contribution >= 4 is 29.1 Å². The molecule has 0 aliphatic carbocycles. The van der Waals surface area contributed by atoms with Crippen molar-refractivity contribution in [2.75, 3.05) is 18.2 Å². The molecule has 4 aromatic carbocycles. The van der Waals surface area contributed by atoms with Gasteiger partial charge in [-0.2, -0.15) is 0 Å². The standard InChI is InChI=1S/C33H28ClN3O2/c1-39-33(38)37-28-14-10-23(11-15-28)24-8-5-9-25(19-24)30(18-22-6-3-2-4-7-22)32-17-12-26(21-36-32)29-20-27(34)13-16-31(29)35/h2-17,19-21,30H,18,35H2,1H3,(H,37,38). The molecule has 0 radical (unpaired) electrons. The fraction of sp³-hybridized carbons (Fsp3) is 0.0909. The summed E-state index contributed by atoms with van der Waals surface area (Å²) >= 11 is 6.22. The van der Waals surface area contributed by atoms with E-state index in [9.17, 15) is 4.79 Å². The first-order valence-electron chi connectivity index (χ1n) is 12.6. The van der Waals surface area contributed by atoms with Gasteiger partial charge >= 0.3 is 6.09 Å². The summed E-state index contributed by atoms with van der Waals surface area (Å²) in [6.07, 6.45) is 2.18. The molecule has 194 valence electrons. The molecule has 0 aliphatic rings. The number of hydrogen-bond acceptors (Lipinski definition) is 4. The van der Waals surface area contributed by atoms with Crippen LogP contribution in [0.25, 0.3) is 22.3 Å². The fourth-order valence-corrected chi connectivity index (χ4v) is 4.81. The Morgan fingerprint density at radius 2 is 1.64 bits per heavy atom. The van der Waals surface area contributed by atoms with Gasteiger partial charge in [-0.05, 0) is 65.1 Å². The Labute approximate surface area is 233 Å². The third kappa shape index (κ3) is 6.28. The van der Waals surface area contributed by atoms with E-state index >= 15 is 0 Å². The quantitative estimate of drug-likeness (QED) is 0.207. The second-order valence-electron chi connectivity index (χ2n) is 9.27. The predicted molar refractivity (Wildman–Crippen MR) is 159 cm³/mol. The van der Waals surface area contributed by atoms with Gasteiger partial charge in [-0.25, -0.2) is 4.79 Å². The molecule has 5 rings (SSSR count). The number of hydrogen-bond donors (Lipinski definition) is 2. The number of halogens is 1. The minimum atomic E-state index is -0.495. The number of methoxy groups -OCH3 is 1. The number of carbonyl (C=O) groups excluding carboxylic acids is 1. The molecule has 0 spiro atoms. The normalized spacial score (nSPS) is 11.5. The molecule has 1 atom stereocenters. The second kappa shape index (κ2) is 11.8. The smallest absolute Gasteiger partial charge is 0.411 e. The third-order valence-corrected chi connectivity index (χ3v) is 6.93. The number of amides is 1. The van der Waals surface area contributed by atoms with E-state index in [-0.39, 0.29) is 5.92 Å². The van der Waals surface area contributed by atoms with E-state index in [4.69, 9.17) is 22.3 Å². The van der Waals surface area contributed by atoms with Crippen LogP contribution in [0.2, 0.25) is 5.02 Å². The Morgan fingerprint density at radius 3 is 2.36 bits per heavy atom. The number of nitrogens with zero attached hydrogens (tertiary/aromatic N) is 1. The van der Waals surface area contributed by atoms with Crippen molar-refractivity contribution in [3.05, 3.63) is 137 Å². The van der Waals surface area contributed by atoms with Gasteiger partial charge in [0.25, 0.3) is 0 Å². The van der Waals surface area contributed by atoms with Gasteiger partial charge in [-0.15, -0.1) is 0 Å². The Morgan fingerprint density at radius 1 is 0.872 bits per heavy atom. The summed E-state index contributed by atoms with van der Waals surface area (Å²) in [7, 11) is 1.34. The minimum Gasteiger partial charge on any atom is -0.453 e. The molecule has 0 aliphatic heterocycles. The molecular formula is C33H28ClN3O2. The summed E-state index contributed by atoms with van der Waals surface area (Å²) in [5.74, 6) is 0.0402. The maximum atomic E-state index is 11.5. The minimum absolute atomic E-state index is 0.0402. The number of rotatable bonds is 7. The van der Waals surface area contributed by atoms with E-state index in [1.54, 1.807) is 6.07 Å². The molecule has 0 bridgehead atoms. The zero-order chi connectivity index (χ0) is 27.2. The Hall–Kier alpha value is -4.61. The first-order valence-corrected chi connectivity index (χ1v) is 13.0. The molecule has 0 saturated carbocycles. The molecule has 1 aromatic heterocycles. The van der Waals surface area contributed by atoms with Crippen molar-refractivity contribution < 1.29 is 9.53 Å². The Kier molecular flexibility index (Phi) is 7.90. The molecule has 39 heavy (non-hydrogen) atoms. The molecular weight excluding hydrogens is 506 g/mol. The number of nitrogens with two attached hydrogens (primary N) is 1. The van der Waals surface area contributed by atoms with Crippen molar-refractivity contribution in [3.63, 3.8) is 0 Å². The van der Waals surface area contributed by atoms with Crippen molar-refractivity contribution in [1.82, 2.24) is 4.98 Å². The van der Waals surface area contributed by atoms with Gasteiger partial charge in [-0.1, -0.05) is 84.4 Å². The third-order valence-electron chi connectivity index (χ3n) is 6.69. The predicted octanol–water partition coefficient (Wildman–Crippen LogP) is 8.20. The average Bonchev–Trinajstić information content (AvgIpc) is 2.98. The molecule has 5 nitrogen and oxygen atoms in total. The van der Waals surface area contributed by atoms with Crippen LogP contribution in [-0.4, -0.2) is 18.2 Å². The van der Waals surface area contributed by atoms with E-state index in [1.165, 1.54) is 12.7 Å². The molecule has 5 aromatic rings. The van der Waals surface area contributed by atoms with E-state index < -0.39 is 6.09 Å². The van der Waals surface area contributed by atoms with Gasteiger partial charge in [0.2, 0.25) is 0 Å². The van der Waals surface area contributed by atoms with E-state index in [1.807, 2.05) is 48.7 Å². The number of benzene rings is 4. The number of ether oxygens (including phenoxy) is 1. The highest BCUT2D eigenvalue weighted by atomic mass is 35.5. The van der Waals surface area contributed by atoms with Crippen LogP contribution in [-0.2, 0) is 11.2 Å². The summed E-state index contributed by atoms with van der Waals surface area (Å²) < 4.78 is 4.68. The lowest BCUT2D eigenvalue weighted by molar-refractivity contribution is 0.187. The highest BCUT2D eigenvalue weighted by molar-refractivity contribution is 6.31. The van der Waals surface area contributed by atoms with Crippen LogP contribution in [0, 0.1) is 0 Å². The first-order chi connectivity index (χ1) is 19.0. The lowest BCUT2D eigenvalue weighted by Gasteiger charge is -2.19. The number of nitrogen functional groups attached to an aromatic ring is 1. The lowest BCUT2D eigenvalue weighted by Crippen LogP contribution is -2.10. The highest BCUT2D eigenvalue weighted by Crippen LogP contribution is 2.33. The van der Waals surface area contributed by atoms with Crippen molar-refractivity contribution in [1.29, 1.82) is 0 Å². The number of nitrogens with one attached hydrogen (secondary N) is 1. The van der Waals surface area contributed by atoms with Gasteiger partial charge < -0.3 is 10.5 Å². The topological polar surface area (TPSA) is 77.2 Å². The van der Waals surface area contributed by atoms with Crippen LogP contribution in [0.3, 0.4) is 0 Å². The van der Waals surface area contributed by atoms with Gasteiger partial charge in [-0.3, -0.25) is 10.3 Å². The average molecular weight is 534 g/mol.